The van der Waals surface area contributed by atoms with E-state index in [-0.39, 0.29) is 16.2 Å². The summed E-state index contributed by atoms with van der Waals surface area (Å²) >= 11 is 6.37. The molecule has 0 unspecified atom stereocenters. The van der Waals surface area contributed by atoms with Gasteiger partial charge in [-0.1, -0.05) is 44.9 Å². The molecule has 2 heterocycles. The molecule has 2 aliphatic heterocycles. The number of hydrogen-bond acceptors (Lipinski definition) is 6. The monoisotopic (exact) mass is 432 g/mol. The third-order valence-electron chi connectivity index (χ3n) is 5.87. The largest absolute Gasteiger partial charge is 0.464 e. The number of aliphatic hydroxyl groups excluding tert-OH is 1. The Hall–Kier alpha value is -2.44. The van der Waals surface area contributed by atoms with Gasteiger partial charge in [-0.25, -0.2) is 4.79 Å². The van der Waals surface area contributed by atoms with Crippen molar-refractivity contribution in [2.75, 3.05) is 0 Å². The fraction of sp³-hybridized carbons (Fsp3) is 0.435. The highest BCUT2D eigenvalue weighted by atomic mass is 35.5. The van der Waals surface area contributed by atoms with Gasteiger partial charge in [-0.3, -0.25) is 9.59 Å². The molecule has 1 N–H and O–H groups in total. The molecule has 0 aromatic rings. The zero-order valence-electron chi connectivity index (χ0n) is 17.6. The molecule has 1 aliphatic carbocycles. The molecule has 0 amide bonds. The summed E-state index contributed by atoms with van der Waals surface area (Å²) in [4.78, 5) is 38.6. The zero-order valence-corrected chi connectivity index (χ0v) is 18.4. The van der Waals surface area contributed by atoms with E-state index in [0.29, 0.717) is 22.8 Å². The van der Waals surface area contributed by atoms with Crippen LogP contribution in [-0.2, 0) is 23.9 Å². The van der Waals surface area contributed by atoms with Gasteiger partial charge in [0.2, 0.25) is 5.78 Å². The molecule has 160 valence electrons. The number of halogens is 1. The Balaban J connectivity index is 2.15. The fourth-order valence-corrected chi connectivity index (χ4v) is 3.82. The van der Waals surface area contributed by atoms with Crippen molar-refractivity contribution in [2.45, 2.75) is 52.7 Å². The average Bonchev–Trinajstić information content (AvgIpc) is 3.00. The minimum atomic E-state index is -1.71. The number of carbonyl (C=O) groups is 3. The van der Waals surface area contributed by atoms with Crippen LogP contribution in [0, 0.1) is 11.8 Å². The lowest BCUT2D eigenvalue weighted by molar-refractivity contribution is -0.153. The highest BCUT2D eigenvalue weighted by molar-refractivity contribution is 6.46. The lowest BCUT2D eigenvalue weighted by Gasteiger charge is -2.33. The van der Waals surface area contributed by atoms with Gasteiger partial charge in [-0.2, -0.15) is 0 Å². The maximum atomic E-state index is 13.0. The molecular weight excluding hydrogens is 408 g/mol. The maximum Gasteiger partial charge on any atom is 0.343 e. The van der Waals surface area contributed by atoms with Crippen LogP contribution in [-0.4, -0.2) is 34.3 Å². The van der Waals surface area contributed by atoms with E-state index in [9.17, 15) is 19.5 Å². The van der Waals surface area contributed by atoms with Gasteiger partial charge in [0, 0.05) is 22.6 Å². The summed E-state index contributed by atoms with van der Waals surface area (Å²) < 4.78 is 11.1. The standard InChI is InChI=1S/C23H25ClO6/c1-6-11(2)7-8-14-9-15-16(10-29-14)18-17(20(26)12(3)13(4)25)22(28)30-23(18,5)21(27)19(15)24/h7-13,25H,6H2,1-5H3/b8-7+/t11-,12-,13+,23+/m0/s1. The van der Waals surface area contributed by atoms with Crippen molar-refractivity contribution in [1.82, 2.24) is 0 Å². The second kappa shape index (κ2) is 8.00. The lowest BCUT2D eigenvalue weighted by Crippen LogP contribution is -2.42. The van der Waals surface area contributed by atoms with Gasteiger partial charge < -0.3 is 14.6 Å². The first-order valence-electron chi connectivity index (χ1n) is 9.95. The van der Waals surface area contributed by atoms with E-state index in [1.54, 1.807) is 12.2 Å². The van der Waals surface area contributed by atoms with Gasteiger partial charge in [0.05, 0.1) is 17.4 Å². The number of esters is 1. The van der Waals surface area contributed by atoms with Crippen LogP contribution in [0.25, 0.3) is 0 Å². The van der Waals surface area contributed by atoms with Crippen molar-refractivity contribution in [3.05, 3.63) is 57.6 Å². The molecule has 0 aromatic carbocycles. The second-order valence-electron chi connectivity index (χ2n) is 8.06. The molecule has 0 spiro atoms. The Morgan fingerprint density at radius 2 is 1.97 bits per heavy atom. The molecule has 0 radical (unpaired) electrons. The molecule has 0 aromatic heterocycles. The summed E-state index contributed by atoms with van der Waals surface area (Å²) in [7, 11) is 0. The summed E-state index contributed by atoms with van der Waals surface area (Å²) in [5.74, 6) is -2.12. The first-order chi connectivity index (χ1) is 14.0. The quantitative estimate of drug-likeness (QED) is 0.509. The predicted molar refractivity (Wildman–Crippen MR) is 111 cm³/mol. The zero-order chi connectivity index (χ0) is 22.4. The molecule has 0 saturated carbocycles. The molecule has 6 nitrogen and oxygen atoms in total. The maximum absolute atomic E-state index is 13.0. The third kappa shape index (κ3) is 3.48. The van der Waals surface area contributed by atoms with Crippen LogP contribution in [0.3, 0.4) is 0 Å². The molecule has 4 atom stereocenters. The summed E-state index contributed by atoms with van der Waals surface area (Å²) in [6.07, 6.45) is 6.76. The number of hydrogen-bond donors (Lipinski definition) is 1. The Bertz CT molecular complexity index is 978. The number of carbonyl (C=O) groups excluding carboxylic acids is 3. The van der Waals surface area contributed by atoms with E-state index in [2.05, 4.69) is 13.8 Å². The number of rotatable bonds is 6. The van der Waals surface area contributed by atoms with E-state index >= 15 is 0 Å². The molecule has 0 bridgehead atoms. The van der Waals surface area contributed by atoms with Crippen LogP contribution in [0.5, 0.6) is 0 Å². The van der Waals surface area contributed by atoms with Crippen molar-refractivity contribution < 1.29 is 29.0 Å². The average molecular weight is 433 g/mol. The number of Topliss-reactive ketones (excluding diaryl/α,β-unsaturated/α-hetero) is 2. The molecular formula is C23H25ClO6. The number of ketones is 2. The summed E-state index contributed by atoms with van der Waals surface area (Å²) in [6.45, 7) is 8.53. The molecule has 0 fully saturated rings. The topological polar surface area (TPSA) is 89.9 Å². The first-order valence-corrected chi connectivity index (χ1v) is 10.3. The summed E-state index contributed by atoms with van der Waals surface area (Å²) in [6, 6.07) is 0. The second-order valence-corrected chi connectivity index (χ2v) is 8.44. The highest BCUT2D eigenvalue weighted by Crippen LogP contribution is 2.49. The van der Waals surface area contributed by atoms with Crippen molar-refractivity contribution in [2.24, 2.45) is 11.8 Å². The number of allylic oxidation sites excluding steroid dienone is 4. The van der Waals surface area contributed by atoms with E-state index in [1.807, 2.05) is 6.08 Å². The van der Waals surface area contributed by atoms with Gasteiger partial charge in [0.15, 0.2) is 11.4 Å². The van der Waals surface area contributed by atoms with Gasteiger partial charge in [0.25, 0.3) is 0 Å². The normalized spacial score (nSPS) is 26.5. The Labute approximate surface area is 180 Å². The van der Waals surface area contributed by atoms with E-state index in [0.717, 1.165) is 6.42 Å². The van der Waals surface area contributed by atoms with E-state index in [1.165, 1.54) is 27.0 Å². The predicted octanol–water partition coefficient (Wildman–Crippen LogP) is 3.66. The summed E-state index contributed by atoms with van der Waals surface area (Å²) in [5, 5.41) is 9.75. The summed E-state index contributed by atoms with van der Waals surface area (Å²) in [5.41, 5.74) is -1.10. The van der Waals surface area contributed by atoms with Gasteiger partial charge in [-0.05, 0) is 31.9 Å². The van der Waals surface area contributed by atoms with Crippen LogP contribution >= 0.6 is 11.6 Å². The van der Waals surface area contributed by atoms with Gasteiger partial charge in [0.1, 0.15) is 11.3 Å². The van der Waals surface area contributed by atoms with Crippen molar-refractivity contribution in [3.63, 3.8) is 0 Å². The van der Waals surface area contributed by atoms with Gasteiger partial charge in [-0.15, -0.1) is 0 Å². The Morgan fingerprint density at radius 3 is 2.57 bits per heavy atom. The van der Waals surface area contributed by atoms with Crippen LogP contribution in [0.4, 0.5) is 0 Å². The third-order valence-corrected chi connectivity index (χ3v) is 6.25. The fourth-order valence-electron chi connectivity index (χ4n) is 3.48. The Morgan fingerprint density at radius 1 is 1.30 bits per heavy atom. The van der Waals surface area contributed by atoms with Gasteiger partial charge >= 0.3 is 5.97 Å². The van der Waals surface area contributed by atoms with Crippen LogP contribution < -0.4 is 0 Å². The Kier molecular flexibility index (Phi) is 5.94. The number of aliphatic hydroxyl groups is 1. The van der Waals surface area contributed by atoms with E-state index < -0.39 is 35.2 Å². The number of ether oxygens (including phenoxy) is 2. The molecule has 0 saturated heterocycles. The van der Waals surface area contributed by atoms with Crippen LogP contribution in [0.2, 0.25) is 0 Å². The number of fused-ring (bicyclic) bond motifs is 3. The minimum absolute atomic E-state index is 0.0877. The SMILES string of the molecule is CC[C@H](C)/C=C/C1=CC2=C(Cl)C(=O)[C@]3(C)OC(=O)C(C(=O)[C@@H](C)[C@@H](C)O)=C3C2=CO1. The smallest absolute Gasteiger partial charge is 0.343 e. The minimum Gasteiger partial charge on any atom is -0.464 e. The van der Waals surface area contributed by atoms with Crippen LogP contribution in [0.1, 0.15) is 41.0 Å². The molecule has 30 heavy (non-hydrogen) atoms. The van der Waals surface area contributed by atoms with Crippen molar-refractivity contribution in [1.29, 1.82) is 0 Å². The molecule has 7 heteroatoms. The molecule has 3 rings (SSSR count). The molecule has 3 aliphatic rings. The van der Waals surface area contributed by atoms with Crippen molar-refractivity contribution in [3.8, 4) is 0 Å². The van der Waals surface area contributed by atoms with Crippen molar-refractivity contribution >= 4 is 29.1 Å². The first kappa shape index (κ1) is 22.2. The van der Waals surface area contributed by atoms with E-state index in [4.69, 9.17) is 21.1 Å². The van der Waals surface area contributed by atoms with Crippen LogP contribution in [0.15, 0.2) is 57.6 Å². The highest BCUT2D eigenvalue weighted by Gasteiger charge is 2.57. The lowest BCUT2D eigenvalue weighted by atomic mass is 9.74.